The predicted molar refractivity (Wildman–Crippen MR) is 68.7 cm³/mol. The lowest BCUT2D eigenvalue weighted by atomic mass is 10.1. The Bertz CT molecular complexity index is 490. The van der Waals surface area contributed by atoms with E-state index in [1.165, 1.54) is 22.3 Å². The Morgan fingerprint density at radius 3 is 1.94 bits per heavy atom. The molecule has 0 radical (unpaired) electrons. The van der Waals surface area contributed by atoms with Crippen LogP contribution in [0.15, 0.2) is 48.5 Å². The van der Waals surface area contributed by atoms with Gasteiger partial charge < -0.3 is 10.5 Å². The Labute approximate surface area is 101 Å². The summed E-state index contributed by atoms with van der Waals surface area (Å²) in [6.45, 7) is 1.15. The fourth-order valence-electron chi connectivity index (χ4n) is 2.47. The maximum atomic E-state index is 5.88. The van der Waals surface area contributed by atoms with Gasteiger partial charge in [-0.25, -0.2) is 0 Å². The van der Waals surface area contributed by atoms with Crippen LogP contribution >= 0.6 is 0 Å². The van der Waals surface area contributed by atoms with Gasteiger partial charge >= 0.3 is 0 Å². The topological polar surface area (TPSA) is 35.2 Å². The Kier molecular flexibility index (Phi) is 2.67. The van der Waals surface area contributed by atoms with Crippen molar-refractivity contribution in [1.29, 1.82) is 0 Å². The van der Waals surface area contributed by atoms with Gasteiger partial charge in [-0.05, 0) is 22.3 Å². The van der Waals surface area contributed by atoms with E-state index in [2.05, 4.69) is 48.5 Å². The van der Waals surface area contributed by atoms with E-state index in [0.717, 1.165) is 0 Å². The van der Waals surface area contributed by atoms with Gasteiger partial charge in [0, 0.05) is 6.54 Å². The smallest absolute Gasteiger partial charge is 0.109 e. The van der Waals surface area contributed by atoms with Crippen LogP contribution in [0.2, 0.25) is 0 Å². The summed E-state index contributed by atoms with van der Waals surface area (Å²) in [7, 11) is 0. The second kappa shape index (κ2) is 4.32. The van der Waals surface area contributed by atoms with Crippen LogP contribution in [0.4, 0.5) is 0 Å². The highest BCUT2D eigenvalue weighted by Gasteiger charge is 2.28. The number of fused-ring (bicyclic) bond motifs is 3. The summed E-state index contributed by atoms with van der Waals surface area (Å²) in [6, 6.07) is 16.8. The largest absolute Gasteiger partial charge is 0.367 e. The molecule has 0 fully saturated rings. The van der Waals surface area contributed by atoms with Crippen molar-refractivity contribution in [3.63, 3.8) is 0 Å². The summed E-state index contributed by atoms with van der Waals surface area (Å²) < 4.78 is 5.88. The van der Waals surface area contributed by atoms with E-state index in [9.17, 15) is 0 Å². The molecule has 0 bridgehead atoms. The lowest BCUT2D eigenvalue weighted by Crippen LogP contribution is -2.12. The number of hydrogen-bond acceptors (Lipinski definition) is 2. The van der Waals surface area contributed by atoms with E-state index in [4.69, 9.17) is 10.5 Å². The third-order valence-corrected chi connectivity index (χ3v) is 3.18. The van der Waals surface area contributed by atoms with Crippen LogP contribution in [0.5, 0.6) is 0 Å². The molecule has 2 aromatic rings. The molecule has 0 aromatic heterocycles. The zero-order chi connectivity index (χ0) is 11.7. The Balaban J connectivity index is 2.10. The molecule has 17 heavy (non-hydrogen) atoms. The van der Waals surface area contributed by atoms with Crippen LogP contribution in [0, 0.1) is 0 Å². The van der Waals surface area contributed by atoms with Crippen molar-refractivity contribution < 1.29 is 4.74 Å². The third kappa shape index (κ3) is 1.66. The first kappa shape index (κ1) is 10.5. The summed E-state index contributed by atoms with van der Waals surface area (Å²) in [6.07, 6.45) is 0.0472. The molecule has 0 saturated carbocycles. The van der Waals surface area contributed by atoms with E-state index in [1.54, 1.807) is 0 Å². The van der Waals surface area contributed by atoms with Gasteiger partial charge in [0.2, 0.25) is 0 Å². The lowest BCUT2D eigenvalue weighted by molar-refractivity contribution is 0.0894. The van der Waals surface area contributed by atoms with Gasteiger partial charge in [0.1, 0.15) is 6.10 Å². The lowest BCUT2D eigenvalue weighted by Gasteiger charge is -2.14. The summed E-state index contributed by atoms with van der Waals surface area (Å²) in [5, 5.41) is 0. The number of nitrogens with two attached hydrogens (primary N) is 1. The molecule has 0 saturated heterocycles. The highest BCUT2D eigenvalue weighted by atomic mass is 16.5. The molecule has 0 atom stereocenters. The molecular weight excluding hydrogens is 210 g/mol. The minimum Gasteiger partial charge on any atom is -0.367 e. The van der Waals surface area contributed by atoms with Crippen LogP contribution in [0.25, 0.3) is 11.1 Å². The summed E-state index contributed by atoms with van der Waals surface area (Å²) in [4.78, 5) is 0. The number of hydrogen-bond donors (Lipinski definition) is 1. The number of benzene rings is 2. The Hall–Kier alpha value is -1.64. The average molecular weight is 225 g/mol. The SMILES string of the molecule is NCCOC1c2ccccc2-c2ccccc21. The summed E-state index contributed by atoms with van der Waals surface area (Å²) >= 11 is 0. The molecule has 3 rings (SSSR count). The van der Waals surface area contributed by atoms with Crippen LogP contribution in [0.1, 0.15) is 17.2 Å². The van der Waals surface area contributed by atoms with Crippen LogP contribution in [-0.2, 0) is 4.74 Å². The second-order valence-corrected chi connectivity index (χ2v) is 4.21. The summed E-state index contributed by atoms with van der Waals surface area (Å²) in [5.41, 5.74) is 10.6. The molecule has 0 heterocycles. The molecule has 2 heteroatoms. The first-order valence-electron chi connectivity index (χ1n) is 5.91. The first-order chi connectivity index (χ1) is 8.42. The maximum Gasteiger partial charge on any atom is 0.109 e. The molecule has 1 aliphatic rings. The van der Waals surface area contributed by atoms with E-state index in [1.807, 2.05) is 0 Å². The highest BCUT2D eigenvalue weighted by molar-refractivity contribution is 5.77. The molecule has 0 amide bonds. The molecule has 2 N–H and O–H groups in total. The molecular formula is C15H15NO. The van der Waals surface area contributed by atoms with E-state index in [0.29, 0.717) is 13.2 Å². The van der Waals surface area contributed by atoms with Gasteiger partial charge in [-0.3, -0.25) is 0 Å². The minimum atomic E-state index is 0.0472. The van der Waals surface area contributed by atoms with Crippen molar-refractivity contribution in [3.8, 4) is 11.1 Å². The van der Waals surface area contributed by atoms with Gasteiger partial charge in [-0.15, -0.1) is 0 Å². The monoisotopic (exact) mass is 225 g/mol. The van der Waals surface area contributed by atoms with E-state index in [-0.39, 0.29) is 6.10 Å². The zero-order valence-electron chi connectivity index (χ0n) is 9.60. The first-order valence-corrected chi connectivity index (χ1v) is 5.91. The number of ether oxygens (including phenoxy) is 1. The van der Waals surface area contributed by atoms with Gasteiger partial charge in [-0.1, -0.05) is 48.5 Å². The number of rotatable bonds is 3. The minimum absolute atomic E-state index is 0.0472. The Morgan fingerprint density at radius 1 is 0.882 bits per heavy atom. The van der Waals surface area contributed by atoms with Crippen molar-refractivity contribution in [1.82, 2.24) is 0 Å². The Morgan fingerprint density at radius 2 is 1.41 bits per heavy atom. The third-order valence-electron chi connectivity index (χ3n) is 3.18. The quantitative estimate of drug-likeness (QED) is 0.871. The van der Waals surface area contributed by atoms with E-state index < -0.39 is 0 Å². The molecule has 0 unspecified atom stereocenters. The van der Waals surface area contributed by atoms with Gasteiger partial charge in [0.15, 0.2) is 0 Å². The van der Waals surface area contributed by atoms with Crippen LogP contribution in [0.3, 0.4) is 0 Å². The fraction of sp³-hybridized carbons (Fsp3) is 0.200. The van der Waals surface area contributed by atoms with Gasteiger partial charge in [-0.2, -0.15) is 0 Å². The van der Waals surface area contributed by atoms with Crippen LogP contribution in [-0.4, -0.2) is 13.2 Å². The molecule has 0 aliphatic heterocycles. The standard InChI is InChI=1S/C15H15NO/c16-9-10-17-15-13-7-3-1-5-11(13)12-6-2-4-8-14(12)15/h1-8,15H,9-10,16H2. The molecule has 2 aromatic carbocycles. The molecule has 0 spiro atoms. The highest BCUT2D eigenvalue weighted by Crippen LogP contribution is 2.44. The van der Waals surface area contributed by atoms with Crippen molar-refractivity contribution in [3.05, 3.63) is 59.7 Å². The van der Waals surface area contributed by atoms with Crippen molar-refractivity contribution in [2.45, 2.75) is 6.10 Å². The maximum absolute atomic E-state index is 5.88. The molecule has 2 nitrogen and oxygen atoms in total. The second-order valence-electron chi connectivity index (χ2n) is 4.21. The van der Waals surface area contributed by atoms with Crippen molar-refractivity contribution in [2.24, 2.45) is 5.73 Å². The normalized spacial score (nSPS) is 13.5. The van der Waals surface area contributed by atoms with Crippen LogP contribution < -0.4 is 5.73 Å². The van der Waals surface area contributed by atoms with Gasteiger partial charge in [0.05, 0.1) is 6.61 Å². The van der Waals surface area contributed by atoms with Crippen molar-refractivity contribution in [2.75, 3.05) is 13.2 Å². The van der Waals surface area contributed by atoms with Crippen molar-refractivity contribution >= 4 is 0 Å². The van der Waals surface area contributed by atoms with Gasteiger partial charge in [0.25, 0.3) is 0 Å². The average Bonchev–Trinajstić information content (AvgIpc) is 2.71. The zero-order valence-corrected chi connectivity index (χ0v) is 9.60. The summed E-state index contributed by atoms with van der Waals surface area (Å²) in [5.74, 6) is 0. The fourth-order valence-corrected chi connectivity index (χ4v) is 2.47. The molecule has 86 valence electrons. The van der Waals surface area contributed by atoms with E-state index >= 15 is 0 Å². The molecule has 1 aliphatic carbocycles. The predicted octanol–water partition coefficient (Wildman–Crippen LogP) is 2.73.